The van der Waals surface area contributed by atoms with Gasteiger partial charge in [0.05, 0.1) is 23.7 Å². The molecule has 1 aromatic carbocycles. The smallest absolute Gasteiger partial charge is 0.270 e. The Hall–Kier alpha value is -4.08. The van der Waals surface area contributed by atoms with Gasteiger partial charge in [-0.15, -0.1) is 0 Å². The molecule has 10 nitrogen and oxygen atoms in total. The van der Waals surface area contributed by atoms with Crippen LogP contribution in [-0.2, 0) is 11.3 Å². The van der Waals surface area contributed by atoms with Gasteiger partial charge in [0.1, 0.15) is 0 Å². The molecule has 3 aromatic rings. The summed E-state index contributed by atoms with van der Waals surface area (Å²) >= 11 is 0. The molecule has 142 valence electrons. The van der Waals surface area contributed by atoms with Gasteiger partial charge in [-0.1, -0.05) is 12.1 Å². The molecule has 0 atom stereocenters. The van der Waals surface area contributed by atoms with E-state index in [1.807, 2.05) is 18.2 Å². The predicted molar refractivity (Wildman–Crippen MR) is 99.6 cm³/mol. The lowest BCUT2D eigenvalue weighted by molar-refractivity contribution is -0.384. The number of carbonyl (C=O) groups is 2. The molecule has 2 heterocycles. The third-order valence-corrected chi connectivity index (χ3v) is 3.69. The molecule has 0 aliphatic heterocycles. The predicted octanol–water partition coefficient (Wildman–Crippen LogP) is 1.60. The van der Waals surface area contributed by atoms with Crippen molar-refractivity contribution in [3.63, 3.8) is 0 Å². The zero-order chi connectivity index (χ0) is 19.9. The number of nitrogens with zero attached hydrogens (tertiary/aromatic N) is 4. The maximum Gasteiger partial charge on any atom is 0.270 e. The fourth-order valence-electron chi connectivity index (χ4n) is 2.38. The minimum atomic E-state index is -0.592. The van der Waals surface area contributed by atoms with E-state index in [0.717, 1.165) is 11.8 Å². The van der Waals surface area contributed by atoms with Crippen molar-refractivity contribution in [2.24, 2.45) is 0 Å². The van der Waals surface area contributed by atoms with Crippen LogP contribution in [0.5, 0.6) is 0 Å². The molecular formula is C18H16N6O4. The highest BCUT2D eigenvalue weighted by Crippen LogP contribution is 2.12. The number of pyridine rings is 1. The van der Waals surface area contributed by atoms with E-state index < -0.39 is 16.7 Å². The van der Waals surface area contributed by atoms with Crippen molar-refractivity contribution < 1.29 is 14.5 Å². The minimum absolute atomic E-state index is 0.0987. The second-order valence-electron chi connectivity index (χ2n) is 5.76. The molecule has 2 aromatic heterocycles. The number of benzene rings is 1. The molecule has 3 rings (SSSR count). The van der Waals surface area contributed by atoms with Gasteiger partial charge < -0.3 is 10.6 Å². The molecule has 0 spiro atoms. The number of hydrogen-bond acceptors (Lipinski definition) is 6. The van der Waals surface area contributed by atoms with Gasteiger partial charge in [0.15, 0.2) is 5.82 Å². The first-order chi connectivity index (χ1) is 13.5. The molecule has 0 saturated carbocycles. The molecule has 0 fully saturated rings. The minimum Gasteiger partial charge on any atom is -0.343 e. The second kappa shape index (κ2) is 8.54. The van der Waals surface area contributed by atoms with Crippen LogP contribution in [0.25, 0.3) is 0 Å². The molecule has 0 bridgehead atoms. The van der Waals surface area contributed by atoms with Crippen LogP contribution in [0.2, 0.25) is 0 Å². The average Bonchev–Trinajstić information content (AvgIpc) is 3.13. The van der Waals surface area contributed by atoms with E-state index in [9.17, 15) is 19.7 Å². The van der Waals surface area contributed by atoms with Crippen molar-refractivity contribution in [1.82, 2.24) is 20.1 Å². The Morgan fingerprint density at radius 2 is 2.00 bits per heavy atom. The fourth-order valence-corrected chi connectivity index (χ4v) is 2.38. The van der Waals surface area contributed by atoms with Gasteiger partial charge >= 0.3 is 0 Å². The number of hydrogen-bond donors (Lipinski definition) is 2. The molecule has 2 N–H and O–H groups in total. The second-order valence-corrected chi connectivity index (χ2v) is 5.76. The van der Waals surface area contributed by atoms with Crippen LogP contribution >= 0.6 is 0 Å². The van der Waals surface area contributed by atoms with E-state index in [1.165, 1.54) is 18.2 Å². The van der Waals surface area contributed by atoms with E-state index in [1.54, 1.807) is 23.1 Å². The van der Waals surface area contributed by atoms with Crippen LogP contribution in [-0.4, -0.2) is 38.0 Å². The Kier molecular flexibility index (Phi) is 5.70. The number of anilines is 1. The standard InChI is InChI=1S/C18H16N6O4/c25-17(11-20-18(26)13-4-3-6-15(10-13)24(27)28)21-16-7-9-23(22-16)12-14-5-1-2-8-19-14/h1-10H,11-12H2,(H,20,26)(H,21,22,25). The Bertz CT molecular complexity index is 1000. The van der Waals surface area contributed by atoms with E-state index in [4.69, 9.17) is 0 Å². The summed E-state index contributed by atoms with van der Waals surface area (Å²) in [6, 6.07) is 12.4. The Morgan fingerprint density at radius 1 is 1.14 bits per heavy atom. The molecular weight excluding hydrogens is 364 g/mol. The van der Waals surface area contributed by atoms with Crippen LogP contribution in [0.3, 0.4) is 0 Å². The van der Waals surface area contributed by atoms with Crippen molar-refractivity contribution in [2.75, 3.05) is 11.9 Å². The zero-order valence-electron chi connectivity index (χ0n) is 14.6. The number of amides is 2. The number of rotatable bonds is 7. The van der Waals surface area contributed by atoms with Gasteiger partial charge in [0, 0.05) is 36.2 Å². The first-order valence-corrected chi connectivity index (χ1v) is 8.27. The van der Waals surface area contributed by atoms with E-state index in [-0.39, 0.29) is 17.8 Å². The van der Waals surface area contributed by atoms with Crippen LogP contribution in [0.4, 0.5) is 11.5 Å². The molecule has 0 aliphatic carbocycles. The third kappa shape index (κ3) is 4.97. The number of nitrogens with one attached hydrogen (secondary N) is 2. The number of non-ortho nitro benzene ring substituents is 1. The Balaban J connectivity index is 1.51. The molecule has 0 unspecified atom stereocenters. The summed E-state index contributed by atoms with van der Waals surface area (Å²) in [6.07, 6.45) is 3.39. The Morgan fingerprint density at radius 3 is 2.75 bits per heavy atom. The molecule has 28 heavy (non-hydrogen) atoms. The maximum absolute atomic E-state index is 12.0. The van der Waals surface area contributed by atoms with Crippen molar-refractivity contribution in [2.45, 2.75) is 6.54 Å². The van der Waals surface area contributed by atoms with Crippen LogP contribution in [0.15, 0.2) is 60.9 Å². The molecule has 0 radical (unpaired) electrons. The van der Waals surface area contributed by atoms with E-state index in [2.05, 4.69) is 20.7 Å². The SMILES string of the molecule is O=C(CNC(=O)c1cccc([N+](=O)[O-])c1)Nc1ccn(Cc2ccccn2)n1. The van der Waals surface area contributed by atoms with Crippen molar-refractivity contribution in [3.05, 3.63) is 82.3 Å². The first-order valence-electron chi connectivity index (χ1n) is 8.27. The summed E-state index contributed by atoms with van der Waals surface area (Å²) < 4.78 is 1.62. The molecule has 10 heteroatoms. The first kappa shape index (κ1) is 18.7. The van der Waals surface area contributed by atoms with Crippen LogP contribution in [0, 0.1) is 10.1 Å². The fraction of sp³-hybridized carbons (Fsp3) is 0.111. The van der Waals surface area contributed by atoms with Crippen LogP contribution < -0.4 is 10.6 Å². The normalized spacial score (nSPS) is 10.3. The van der Waals surface area contributed by atoms with Gasteiger partial charge in [-0.05, 0) is 18.2 Å². The third-order valence-electron chi connectivity index (χ3n) is 3.69. The summed E-state index contributed by atoms with van der Waals surface area (Å²) in [5.41, 5.74) is 0.727. The topological polar surface area (TPSA) is 132 Å². The molecule has 2 amide bonds. The molecule has 0 aliphatic rings. The van der Waals surface area contributed by atoms with E-state index >= 15 is 0 Å². The summed E-state index contributed by atoms with van der Waals surface area (Å²) in [5, 5.41) is 20.0. The number of aromatic nitrogens is 3. The largest absolute Gasteiger partial charge is 0.343 e. The number of carbonyl (C=O) groups excluding carboxylic acids is 2. The summed E-state index contributed by atoms with van der Waals surface area (Å²) in [6.45, 7) is 0.162. The molecule has 0 saturated heterocycles. The summed E-state index contributed by atoms with van der Waals surface area (Å²) in [4.78, 5) is 38.4. The number of nitro groups is 1. The average molecular weight is 380 g/mol. The lowest BCUT2D eigenvalue weighted by Gasteiger charge is -2.05. The van der Waals surface area contributed by atoms with Gasteiger partial charge in [-0.25, -0.2) is 0 Å². The van der Waals surface area contributed by atoms with Crippen LogP contribution in [0.1, 0.15) is 16.1 Å². The lowest BCUT2D eigenvalue weighted by atomic mass is 10.2. The van der Waals surface area contributed by atoms with Gasteiger partial charge in [0.25, 0.3) is 11.6 Å². The summed E-state index contributed by atoms with van der Waals surface area (Å²) in [7, 11) is 0. The highest BCUT2D eigenvalue weighted by molar-refractivity contribution is 5.99. The quantitative estimate of drug-likeness (QED) is 0.473. The highest BCUT2D eigenvalue weighted by Gasteiger charge is 2.13. The maximum atomic E-state index is 12.0. The van der Waals surface area contributed by atoms with Gasteiger partial charge in [-0.2, -0.15) is 5.10 Å². The van der Waals surface area contributed by atoms with Crippen molar-refractivity contribution >= 4 is 23.3 Å². The Labute approximate surface area is 159 Å². The monoisotopic (exact) mass is 380 g/mol. The lowest BCUT2D eigenvalue weighted by Crippen LogP contribution is -2.33. The van der Waals surface area contributed by atoms with Crippen molar-refractivity contribution in [3.8, 4) is 0 Å². The van der Waals surface area contributed by atoms with Crippen molar-refractivity contribution in [1.29, 1.82) is 0 Å². The zero-order valence-corrected chi connectivity index (χ0v) is 14.6. The van der Waals surface area contributed by atoms with Gasteiger partial charge in [-0.3, -0.25) is 29.4 Å². The highest BCUT2D eigenvalue weighted by atomic mass is 16.6. The number of nitro benzene ring substituents is 1. The van der Waals surface area contributed by atoms with Gasteiger partial charge in [0.2, 0.25) is 5.91 Å². The van der Waals surface area contributed by atoms with E-state index in [0.29, 0.717) is 12.4 Å². The summed E-state index contributed by atoms with van der Waals surface area (Å²) in [5.74, 6) is -0.716.